The molecule has 0 radical (unpaired) electrons. The van der Waals surface area contributed by atoms with Crippen molar-refractivity contribution < 1.29 is 19.7 Å². The number of imidazole rings is 1. The zero-order valence-corrected chi connectivity index (χ0v) is 14.6. The van der Waals surface area contributed by atoms with Crippen LogP contribution in [0.3, 0.4) is 0 Å². The Morgan fingerprint density at radius 3 is 3.04 bits per heavy atom. The van der Waals surface area contributed by atoms with Crippen LogP contribution in [0.2, 0.25) is 0 Å². The molecule has 0 unspecified atom stereocenters. The maximum absolute atomic E-state index is 12.3. The third-order valence-electron chi connectivity index (χ3n) is 5.00. The first kappa shape index (κ1) is 18.0. The highest BCUT2D eigenvalue weighted by atomic mass is 16.5. The largest absolute Gasteiger partial charge is 0.394 e. The van der Waals surface area contributed by atoms with Crippen LogP contribution in [-0.2, 0) is 9.53 Å². The van der Waals surface area contributed by atoms with Gasteiger partial charge in [0.15, 0.2) is 17.7 Å². The highest BCUT2D eigenvalue weighted by Gasteiger charge is 2.39. The molecular formula is C16H23N7O4. The van der Waals surface area contributed by atoms with Gasteiger partial charge in [-0.05, 0) is 19.4 Å². The molecule has 2 aromatic rings. The lowest BCUT2D eigenvalue weighted by molar-refractivity contribution is -0.143. The summed E-state index contributed by atoms with van der Waals surface area (Å²) in [4.78, 5) is 27.5. The lowest BCUT2D eigenvalue weighted by Gasteiger charge is -2.39. The van der Waals surface area contributed by atoms with Crippen molar-refractivity contribution in [1.82, 2.24) is 30.6 Å². The Kier molecular flexibility index (Phi) is 5.16. The molecule has 0 saturated carbocycles. The number of nitrogens with one attached hydrogen (secondary N) is 4. The smallest absolute Gasteiger partial charge is 0.237 e. The van der Waals surface area contributed by atoms with Gasteiger partial charge >= 0.3 is 0 Å². The summed E-state index contributed by atoms with van der Waals surface area (Å²) in [7, 11) is 0. The van der Waals surface area contributed by atoms with Crippen LogP contribution in [0.1, 0.15) is 19.3 Å². The molecule has 0 spiro atoms. The molecule has 0 aromatic carbocycles. The number of nitrogens with zero attached hydrogens (tertiary/aromatic N) is 3. The van der Waals surface area contributed by atoms with E-state index in [-0.39, 0.29) is 25.0 Å². The summed E-state index contributed by atoms with van der Waals surface area (Å²) in [5.41, 5.74) is 1.09. The minimum atomic E-state index is -0.900. The molecule has 146 valence electrons. The summed E-state index contributed by atoms with van der Waals surface area (Å²) in [6.07, 6.45) is 2.52. The van der Waals surface area contributed by atoms with Gasteiger partial charge in [-0.2, -0.15) is 0 Å². The Balaban J connectivity index is 1.43. The monoisotopic (exact) mass is 377 g/mol. The number of hydrogen-bond acceptors (Lipinski definition) is 9. The van der Waals surface area contributed by atoms with E-state index in [0.29, 0.717) is 17.0 Å². The molecule has 0 aliphatic carbocycles. The predicted octanol–water partition coefficient (Wildman–Crippen LogP) is -1.53. The van der Waals surface area contributed by atoms with E-state index in [4.69, 9.17) is 4.74 Å². The van der Waals surface area contributed by atoms with Crippen molar-refractivity contribution in [3.05, 3.63) is 12.7 Å². The number of rotatable bonds is 5. The second-order valence-electron chi connectivity index (χ2n) is 6.81. The third-order valence-corrected chi connectivity index (χ3v) is 5.00. The quantitative estimate of drug-likeness (QED) is 0.364. The molecule has 4 heterocycles. The number of anilines is 1. The Morgan fingerprint density at radius 1 is 1.37 bits per heavy atom. The van der Waals surface area contributed by atoms with Crippen molar-refractivity contribution >= 4 is 22.9 Å². The van der Waals surface area contributed by atoms with Gasteiger partial charge in [-0.15, -0.1) is 0 Å². The van der Waals surface area contributed by atoms with E-state index in [1.165, 1.54) is 12.7 Å². The van der Waals surface area contributed by atoms with Gasteiger partial charge in [-0.1, -0.05) is 0 Å². The minimum absolute atomic E-state index is 0.131. The summed E-state index contributed by atoms with van der Waals surface area (Å²) < 4.78 is 5.81. The van der Waals surface area contributed by atoms with Crippen molar-refractivity contribution in [2.75, 3.05) is 18.5 Å². The molecule has 2 aromatic heterocycles. The molecule has 11 heteroatoms. The van der Waals surface area contributed by atoms with Crippen LogP contribution in [0.25, 0.3) is 11.2 Å². The van der Waals surface area contributed by atoms with E-state index < -0.39 is 24.5 Å². The number of fused-ring (bicyclic) bond motifs is 1. The number of aromatic amines is 1. The van der Waals surface area contributed by atoms with Crippen molar-refractivity contribution in [3.8, 4) is 0 Å². The summed E-state index contributed by atoms with van der Waals surface area (Å²) in [5, 5.41) is 29.3. The zero-order valence-electron chi connectivity index (χ0n) is 14.6. The topological polar surface area (TPSA) is 157 Å². The molecule has 0 bridgehead atoms. The number of H-pyrrole nitrogens is 1. The fourth-order valence-electron chi connectivity index (χ4n) is 3.56. The molecule has 6 N–H and O–H groups in total. The number of ether oxygens (including phenoxy) is 1. The lowest BCUT2D eigenvalue weighted by atomic mass is 9.98. The van der Waals surface area contributed by atoms with Gasteiger partial charge in [-0.3, -0.25) is 4.79 Å². The van der Waals surface area contributed by atoms with Crippen molar-refractivity contribution in [2.45, 2.75) is 49.8 Å². The van der Waals surface area contributed by atoms with Crippen LogP contribution in [0.4, 0.5) is 5.82 Å². The number of carbonyl (C=O) groups excluding carboxylic acids is 1. The molecule has 2 aliphatic heterocycles. The SMILES string of the molecule is O=C(N[C@@H]1C[C@H](O)[C@@H](Nc2ncnc3nc[nH]c23)O[C@H]1CO)[C@H]1CCCN1. The summed E-state index contributed by atoms with van der Waals surface area (Å²) in [6, 6.07) is -0.706. The minimum Gasteiger partial charge on any atom is -0.394 e. The molecule has 2 saturated heterocycles. The fourth-order valence-corrected chi connectivity index (χ4v) is 3.56. The number of amides is 1. The zero-order chi connectivity index (χ0) is 18.8. The molecule has 5 atom stereocenters. The maximum atomic E-state index is 12.3. The molecule has 4 rings (SSSR count). The van der Waals surface area contributed by atoms with E-state index in [0.717, 1.165) is 19.4 Å². The second kappa shape index (κ2) is 7.72. The highest BCUT2D eigenvalue weighted by molar-refractivity contribution is 5.83. The normalized spacial score (nSPS) is 31.1. The first-order valence-electron chi connectivity index (χ1n) is 9.04. The van der Waals surface area contributed by atoms with Gasteiger partial charge in [0.05, 0.1) is 25.0 Å². The first-order chi connectivity index (χ1) is 13.2. The average molecular weight is 377 g/mol. The average Bonchev–Trinajstić information content (AvgIpc) is 3.35. The Labute approximate surface area is 154 Å². The van der Waals surface area contributed by atoms with Gasteiger partial charge in [0.25, 0.3) is 0 Å². The van der Waals surface area contributed by atoms with Crippen LogP contribution < -0.4 is 16.0 Å². The van der Waals surface area contributed by atoms with Gasteiger partial charge in [0.2, 0.25) is 5.91 Å². The van der Waals surface area contributed by atoms with Crippen LogP contribution >= 0.6 is 0 Å². The molecular weight excluding hydrogens is 354 g/mol. The van der Waals surface area contributed by atoms with E-state index in [1.54, 1.807) is 0 Å². The summed E-state index contributed by atoms with van der Waals surface area (Å²) >= 11 is 0. The van der Waals surface area contributed by atoms with Crippen LogP contribution in [-0.4, -0.2) is 79.7 Å². The maximum Gasteiger partial charge on any atom is 0.237 e. The molecule has 11 nitrogen and oxygen atoms in total. The van der Waals surface area contributed by atoms with Gasteiger partial charge in [0.1, 0.15) is 24.1 Å². The van der Waals surface area contributed by atoms with Crippen molar-refractivity contribution in [1.29, 1.82) is 0 Å². The first-order valence-corrected chi connectivity index (χ1v) is 9.04. The van der Waals surface area contributed by atoms with Crippen molar-refractivity contribution in [3.63, 3.8) is 0 Å². The fraction of sp³-hybridized carbons (Fsp3) is 0.625. The lowest BCUT2D eigenvalue weighted by Crippen LogP contribution is -2.59. The molecule has 2 fully saturated rings. The van der Waals surface area contributed by atoms with Gasteiger partial charge in [-0.25, -0.2) is 15.0 Å². The number of carbonyl (C=O) groups is 1. The third kappa shape index (κ3) is 3.72. The second-order valence-corrected chi connectivity index (χ2v) is 6.81. The Bertz CT molecular complexity index is 794. The highest BCUT2D eigenvalue weighted by Crippen LogP contribution is 2.24. The Hall–Kier alpha value is -2.34. The predicted molar refractivity (Wildman–Crippen MR) is 94.6 cm³/mol. The number of aliphatic hydroxyl groups excluding tert-OH is 2. The van der Waals surface area contributed by atoms with E-state index in [2.05, 4.69) is 35.9 Å². The number of aliphatic hydroxyl groups is 2. The molecule has 27 heavy (non-hydrogen) atoms. The van der Waals surface area contributed by atoms with E-state index in [1.807, 2.05) is 0 Å². The summed E-state index contributed by atoms with van der Waals surface area (Å²) in [6.45, 7) is 0.537. The molecule has 1 amide bonds. The van der Waals surface area contributed by atoms with Crippen LogP contribution in [0.15, 0.2) is 12.7 Å². The number of hydrogen-bond donors (Lipinski definition) is 6. The number of aromatic nitrogens is 4. The Morgan fingerprint density at radius 2 is 2.26 bits per heavy atom. The standard InChI is InChI=1S/C16H23N7O4/c24-5-11-9(22-15(26)8-2-1-3-17-8)4-10(25)16(27-11)23-14-12-13(19-6-18-12)20-7-21-14/h6-11,16-17,24-25H,1-5H2,(H,22,26)(H2,18,19,20,21,23)/t8-,9-,10+,11+,16+/m1/s1. The van der Waals surface area contributed by atoms with E-state index >= 15 is 0 Å². The van der Waals surface area contributed by atoms with Crippen molar-refractivity contribution in [2.24, 2.45) is 0 Å². The van der Waals surface area contributed by atoms with Gasteiger partial charge < -0.3 is 35.9 Å². The van der Waals surface area contributed by atoms with Gasteiger partial charge in [0, 0.05) is 6.42 Å². The van der Waals surface area contributed by atoms with E-state index in [9.17, 15) is 15.0 Å². The summed E-state index contributed by atoms with van der Waals surface area (Å²) in [5.74, 6) is 0.309. The van der Waals surface area contributed by atoms with Crippen LogP contribution in [0.5, 0.6) is 0 Å². The molecule has 2 aliphatic rings. The van der Waals surface area contributed by atoms with Crippen LogP contribution in [0, 0.1) is 0 Å².